The number of benzene rings is 1. The number of halogens is 1. The number of hydrogen-bond donors (Lipinski definition) is 1. The van der Waals surface area contributed by atoms with Crippen molar-refractivity contribution in [3.05, 3.63) is 35.1 Å². The van der Waals surface area contributed by atoms with E-state index in [1.807, 2.05) is 6.07 Å². The monoisotopic (exact) mass is 261 g/mol. The van der Waals surface area contributed by atoms with Crippen molar-refractivity contribution in [2.45, 2.75) is 51.7 Å². The topological polar surface area (TPSA) is 39.1 Å². The molecule has 0 aliphatic carbocycles. The van der Waals surface area contributed by atoms with Crippen LogP contribution < -0.4 is 5.43 Å². The number of piperidine rings is 1. The molecule has 0 aromatic heterocycles. The lowest BCUT2D eigenvalue weighted by atomic mass is 10.00. The Hall–Kier alpha value is -1.44. The van der Waals surface area contributed by atoms with Gasteiger partial charge in [0.1, 0.15) is 11.9 Å². The van der Waals surface area contributed by atoms with Crippen molar-refractivity contribution in [3.8, 4) is 6.07 Å². The number of nitrogens with one attached hydrogen (secondary N) is 1. The van der Waals surface area contributed by atoms with E-state index in [0.29, 0.717) is 18.6 Å². The first-order valence-corrected chi connectivity index (χ1v) is 6.82. The number of rotatable bonds is 3. The van der Waals surface area contributed by atoms with Gasteiger partial charge in [-0.2, -0.15) is 5.26 Å². The van der Waals surface area contributed by atoms with Gasteiger partial charge in [0, 0.05) is 18.6 Å². The SMILES string of the molecule is CC1CCCC(C)N1NCc1ccc(F)c(C#N)c1. The summed E-state index contributed by atoms with van der Waals surface area (Å²) in [5.74, 6) is -0.453. The van der Waals surface area contributed by atoms with Gasteiger partial charge in [-0.15, -0.1) is 0 Å². The molecular weight excluding hydrogens is 241 g/mol. The van der Waals surface area contributed by atoms with Gasteiger partial charge in [0.05, 0.1) is 5.56 Å². The van der Waals surface area contributed by atoms with E-state index < -0.39 is 5.82 Å². The Labute approximate surface area is 114 Å². The molecule has 1 N–H and O–H groups in total. The summed E-state index contributed by atoms with van der Waals surface area (Å²) in [6.07, 6.45) is 3.67. The summed E-state index contributed by atoms with van der Waals surface area (Å²) in [5.41, 5.74) is 4.45. The summed E-state index contributed by atoms with van der Waals surface area (Å²) >= 11 is 0. The third-order valence-corrected chi connectivity index (χ3v) is 3.81. The van der Waals surface area contributed by atoms with Crippen LogP contribution in [-0.4, -0.2) is 17.1 Å². The van der Waals surface area contributed by atoms with E-state index in [-0.39, 0.29) is 5.56 Å². The van der Waals surface area contributed by atoms with E-state index >= 15 is 0 Å². The minimum absolute atomic E-state index is 0.110. The second-order valence-corrected chi connectivity index (χ2v) is 5.30. The average Bonchev–Trinajstić information content (AvgIpc) is 2.40. The van der Waals surface area contributed by atoms with Crippen LogP contribution in [0, 0.1) is 17.1 Å². The van der Waals surface area contributed by atoms with Crippen LogP contribution >= 0.6 is 0 Å². The maximum Gasteiger partial charge on any atom is 0.140 e. The highest BCUT2D eigenvalue weighted by molar-refractivity contribution is 5.34. The molecule has 4 heteroatoms. The van der Waals surface area contributed by atoms with Gasteiger partial charge >= 0.3 is 0 Å². The van der Waals surface area contributed by atoms with Gasteiger partial charge in [-0.1, -0.05) is 12.5 Å². The van der Waals surface area contributed by atoms with Gasteiger partial charge in [0.15, 0.2) is 0 Å². The zero-order valence-corrected chi connectivity index (χ0v) is 11.5. The summed E-state index contributed by atoms with van der Waals surface area (Å²) in [6.45, 7) is 5.06. The van der Waals surface area contributed by atoms with Gasteiger partial charge < -0.3 is 0 Å². The Morgan fingerprint density at radius 3 is 2.68 bits per heavy atom. The van der Waals surface area contributed by atoms with Crippen LogP contribution in [0.5, 0.6) is 0 Å². The maximum absolute atomic E-state index is 13.2. The Morgan fingerprint density at radius 1 is 1.37 bits per heavy atom. The fraction of sp³-hybridized carbons (Fsp3) is 0.533. The highest BCUT2D eigenvalue weighted by Crippen LogP contribution is 2.20. The van der Waals surface area contributed by atoms with Crippen molar-refractivity contribution in [1.29, 1.82) is 5.26 Å². The van der Waals surface area contributed by atoms with E-state index in [1.165, 1.54) is 25.3 Å². The summed E-state index contributed by atoms with van der Waals surface area (Å²) in [7, 11) is 0. The predicted octanol–water partition coefficient (Wildman–Crippen LogP) is 2.96. The molecule has 2 unspecified atom stereocenters. The first kappa shape index (κ1) is 14.0. The van der Waals surface area contributed by atoms with Crippen molar-refractivity contribution >= 4 is 0 Å². The molecule has 0 bridgehead atoms. The van der Waals surface area contributed by atoms with Gasteiger partial charge in [-0.05, 0) is 44.4 Å². The molecule has 1 aromatic rings. The summed E-state index contributed by atoms with van der Waals surface area (Å²) in [5, 5.41) is 11.1. The normalized spacial score (nSPS) is 24.1. The van der Waals surface area contributed by atoms with Crippen molar-refractivity contribution < 1.29 is 4.39 Å². The minimum atomic E-state index is -0.453. The minimum Gasteiger partial charge on any atom is -0.250 e. The van der Waals surface area contributed by atoms with E-state index in [9.17, 15) is 4.39 Å². The summed E-state index contributed by atoms with van der Waals surface area (Å²) in [4.78, 5) is 0. The summed E-state index contributed by atoms with van der Waals surface area (Å²) in [6, 6.07) is 7.60. The third-order valence-electron chi connectivity index (χ3n) is 3.81. The molecule has 1 aliphatic heterocycles. The number of hydrogen-bond acceptors (Lipinski definition) is 3. The molecule has 1 heterocycles. The van der Waals surface area contributed by atoms with Crippen LogP contribution in [-0.2, 0) is 6.54 Å². The maximum atomic E-state index is 13.2. The molecular formula is C15H20FN3. The zero-order valence-electron chi connectivity index (χ0n) is 11.5. The molecule has 2 rings (SSSR count). The highest BCUT2D eigenvalue weighted by Gasteiger charge is 2.24. The van der Waals surface area contributed by atoms with Crippen LogP contribution in [0.3, 0.4) is 0 Å². The predicted molar refractivity (Wildman–Crippen MR) is 72.6 cm³/mol. The van der Waals surface area contributed by atoms with E-state index in [4.69, 9.17) is 5.26 Å². The van der Waals surface area contributed by atoms with Gasteiger partial charge in [-0.3, -0.25) is 5.43 Å². The highest BCUT2D eigenvalue weighted by atomic mass is 19.1. The largest absolute Gasteiger partial charge is 0.250 e. The molecule has 2 atom stereocenters. The third kappa shape index (κ3) is 3.31. The molecule has 1 aliphatic rings. The first-order valence-electron chi connectivity index (χ1n) is 6.82. The lowest BCUT2D eigenvalue weighted by molar-refractivity contribution is 0.0435. The van der Waals surface area contributed by atoms with E-state index in [2.05, 4.69) is 24.3 Å². The van der Waals surface area contributed by atoms with Crippen molar-refractivity contribution in [1.82, 2.24) is 10.4 Å². The fourth-order valence-corrected chi connectivity index (χ4v) is 2.68. The molecule has 0 saturated carbocycles. The Kier molecular flexibility index (Phi) is 4.52. The number of nitriles is 1. The summed E-state index contributed by atoms with van der Waals surface area (Å²) < 4.78 is 13.2. The lowest BCUT2D eigenvalue weighted by Crippen LogP contribution is -2.51. The first-order chi connectivity index (χ1) is 9.11. The van der Waals surface area contributed by atoms with Crippen LogP contribution in [0.2, 0.25) is 0 Å². The Balaban J connectivity index is 2.00. The van der Waals surface area contributed by atoms with Gasteiger partial charge in [0.25, 0.3) is 0 Å². The van der Waals surface area contributed by atoms with Crippen LogP contribution in [0.25, 0.3) is 0 Å². The van der Waals surface area contributed by atoms with Gasteiger partial charge in [-0.25, -0.2) is 9.40 Å². The van der Waals surface area contributed by atoms with Crippen molar-refractivity contribution in [3.63, 3.8) is 0 Å². The molecule has 3 nitrogen and oxygen atoms in total. The average molecular weight is 261 g/mol. The zero-order chi connectivity index (χ0) is 13.8. The number of hydrazine groups is 1. The fourth-order valence-electron chi connectivity index (χ4n) is 2.68. The number of nitrogens with zero attached hydrogens (tertiary/aromatic N) is 2. The molecule has 1 aromatic carbocycles. The van der Waals surface area contributed by atoms with Crippen LogP contribution in [0.15, 0.2) is 18.2 Å². The van der Waals surface area contributed by atoms with E-state index in [0.717, 1.165) is 5.56 Å². The van der Waals surface area contributed by atoms with Crippen LogP contribution in [0.1, 0.15) is 44.2 Å². The Morgan fingerprint density at radius 2 is 2.05 bits per heavy atom. The van der Waals surface area contributed by atoms with Crippen molar-refractivity contribution in [2.75, 3.05) is 0 Å². The second-order valence-electron chi connectivity index (χ2n) is 5.30. The molecule has 0 radical (unpaired) electrons. The molecule has 0 amide bonds. The molecule has 1 saturated heterocycles. The second kappa shape index (κ2) is 6.14. The molecule has 102 valence electrons. The van der Waals surface area contributed by atoms with Gasteiger partial charge in [0.2, 0.25) is 0 Å². The Bertz CT molecular complexity index is 471. The quantitative estimate of drug-likeness (QED) is 0.909. The molecule has 0 spiro atoms. The van der Waals surface area contributed by atoms with Crippen LogP contribution in [0.4, 0.5) is 4.39 Å². The lowest BCUT2D eigenvalue weighted by Gasteiger charge is -2.39. The molecule has 19 heavy (non-hydrogen) atoms. The van der Waals surface area contributed by atoms with Crippen molar-refractivity contribution in [2.24, 2.45) is 0 Å². The standard InChI is InChI=1S/C15H20FN3/c1-11-4-3-5-12(2)19(11)18-10-13-6-7-15(16)14(8-13)9-17/h6-8,11-12,18H,3-5,10H2,1-2H3. The smallest absolute Gasteiger partial charge is 0.140 e. The van der Waals surface area contributed by atoms with E-state index in [1.54, 1.807) is 12.1 Å². The molecule has 1 fully saturated rings.